The minimum Gasteiger partial charge on any atom is -0.482 e. The summed E-state index contributed by atoms with van der Waals surface area (Å²) in [7, 11) is -3.68. The zero-order chi connectivity index (χ0) is 18.1. The Labute approximate surface area is 148 Å². The van der Waals surface area contributed by atoms with Gasteiger partial charge in [0, 0.05) is 6.54 Å². The molecule has 0 fully saturated rings. The number of rotatable bonds is 9. The SMILES string of the molecule is O=C(COc1ccccc1)OS(=O)CCNS(=O)(=O)c1ccccc1. The van der Waals surface area contributed by atoms with Crippen molar-refractivity contribution in [3.05, 3.63) is 60.7 Å². The van der Waals surface area contributed by atoms with Crippen molar-refractivity contribution in [3.8, 4) is 5.75 Å². The Morgan fingerprint density at radius 2 is 1.60 bits per heavy atom. The Morgan fingerprint density at radius 3 is 2.24 bits per heavy atom. The van der Waals surface area contributed by atoms with Crippen molar-refractivity contribution in [1.82, 2.24) is 4.72 Å². The first kappa shape index (κ1) is 19.1. The molecule has 0 saturated heterocycles. The monoisotopic (exact) mass is 383 g/mol. The van der Waals surface area contributed by atoms with Crippen LogP contribution in [0.25, 0.3) is 0 Å². The van der Waals surface area contributed by atoms with E-state index in [2.05, 4.69) is 8.91 Å². The molecule has 25 heavy (non-hydrogen) atoms. The van der Waals surface area contributed by atoms with Crippen LogP contribution in [-0.4, -0.2) is 37.5 Å². The van der Waals surface area contributed by atoms with Gasteiger partial charge in [-0.15, -0.1) is 0 Å². The smallest absolute Gasteiger partial charge is 0.358 e. The second-order valence-electron chi connectivity index (χ2n) is 4.78. The summed E-state index contributed by atoms with van der Waals surface area (Å²) in [5, 5.41) is 0. The first-order valence-electron chi connectivity index (χ1n) is 7.29. The van der Waals surface area contributed by atoms with Crippen molar-refractivity contribution in [3.63, 3.8) is 0 Å². The van der Waals surface area contributed by atoms with Crippen molar-refractivity contribution in [1.29, 1.82) is 0 Å². The Bertz CT molecular complexity index is 809. The maximum Gasteiger partial charge on any atom is 0.358 e. The summed E-state index contributed by atoms with van der Waals surface area (Å²) in [6.07, 6.45) is 0. The Kier molecular flexibility index (Phi) is 7.11. The molecule has 1 unspecified atom stereocenters. The molecule has 1 N–H and O–H groups in total. The van der Waals surface area contributed by atoms with E-state index in [0.717, 1.165) is 0 Å². The van der Waals surface area contributed by atoms with Crippen molar-refractivity contribution in [2.45, 2.75) is 4.90 Å². The normalized spacial score (nSPS) is 12.3. The molecular formula is C16H17NO6S2. The van der Waals surface area contributed by atoms with E-state index in [1.54, 1.807) is 48.5 Å². The first-order chi connectivity index (χ1) is 12.0. The van der Waals surface area contributed by atoms with Crippen molar-refractivity contribution < 1.29 is 26.3 Å². The Hall–Kier alpha value is -2.23. The van der Waals surface area contributed by atoms with E-state index in [0.29, 0.717) is 5.75 Å². The number of benzene rings is 2. The van der Waals surface area contributed by atoms with Crippen LogP contribution in [0.3, 0.4) is 0 Å². The van der Waals surface area contributed by atoms with E-state index >= 15 is 0 Å². The minimum atomic E-state index is -3.68. The fourth-order valence-electron chi connectivity index (χ4n) is 1.77. The Morgan fingerprint density at radius 1 is 1.00 bits per heavy atom. The van der Waals surface area contributed by atoms with Crippen LogP contribution in [0, 0.1) is 0 Å². The van der Waals surface area contributed by atoms with Gasteiger partial charge in [0.15, 0.2) is 6.61 Å². The molecule has 1 atom stereocenters. The van der Waals surface area contributed by atoms with Crippen LogP contribution >= 0.6 is 0 Å². The summed E-state index contributed by atoms with van der Waals surface area (Å²) in [4.78, 5) is 11.6. The van der Waals surface area contributed by atoms with E-state index < -0.39 is 27.1 Å². The summed E-state index contributed by atoms with van der Waals surface area (Å²) >= 11 is -1.96. The number of hydrogen-bond acceptors (Lipinski definition) is 6. The van der Waals surface area contributed by atoms with Crippen LogP contribution in [0.15, 0.2) is 65.6 Å². The maximum absolute atomic E-state index is 12.0. The molecule has 0 radical (unpaired) electrons. The predicted molar refractivity (Wildman–Crippen MR) is 92.7 cm³/mol. The van der Waals surface area contributed by atoms with Gasteiger partial charge >= 0.3 is 5.97 Å². The Balaban J connectivity index is 1.71. The highest BCUT2D eigenvalue weighted by Gasteiger charge is 2.15. The van der Waals surface area contributed by atoms with Gasteiger partial charge in [0.05, 0.1) is 10.6 Å². The predicted octanol–water partition coefficient (Wildman–Crippen LogP) is 1.25. The summed E-state index contributed by atoms with van der Waals surface area (Å²) in [5.74, 6) is -0.475. The van der Waals surface area contributed by atoms with Crippen molar-refractivity contribution in [2.24, 2.45) is 0 Å². The molecule has 0 aliphatic heterocycles. The summed E-state index contributed by atoms with van der Waals surface area (Å²) in [5.41, 5.74) is 0. The molecule has 0 aliphatic carbocycles. The van der Waals surface area contributed by atoms with Gasteiger partial charge in [-0.05, 0) is 24.3 Å². The third-order valence-corrected chi connectivity index (χ3v) is 5.29. The molecule has 0 aromatic heterocycles. The topological polar surface area (TPSA) is 98.8 Å². The van der Waals surface area contributed by atoms with Crippen LogP contribution in [0.2, 0.25) is 0 Å². The third-order valence-electron chi connectivity index (χ3n) is 2.90. The van der Waals surface area contributed by atoms with E-state index in [9.17, 15) is 17.4 Å². The number of ether oxygens (including phenoxy) is 1. The summed E-state index contributed by atoms with van der Waals surface area (Å²) < 4.78 is 47.7. The van der Waals surface area contributed by atoms with Gasteiger partial charge in [0.25, 0.3) is 0 Å². The molecule has 134 valence electrons. The molecule has 0 spiro atoms. The third kappa shape index (κ3) is 6.65. The minimum absolute atomic E-state index is 0.106. The van der Waals surface area contributed by atoms with Gasteiger partial charge in [-0.1, -0.05) is 36.4 Å². The van der Waals surface area contributed by atoms with Crippen molar-refractivity contribution in [2.75, 3.05) is 18.9 Å². The molecule has 9 heteroatoms. The molecule has 0 amide bonds. The lowest BCUT2D eigenvalue weighted by Gasteiger charge is -2.07. The highest BCUT2D eigenvalue weighted by atomic mass is 32.2. The first-order valence-corrected chi connectivity index (χ1v) is 10.0. The summed E-state index contributed by atoms with van der Waals surface area (Å²) in [6.45, 7) is -0.512. The zero-order valence-corrected chi connectivity index (χ0v) is 14.8. The van der Waals surface area contributed by atoms with Crippen LogP contribution in [-0.2, 0) is 30.1 Å². The fraction of sp³-hybridized carbons (Fsp3) is 0.188. The van der Waals surface area contributed by atoms with Gasteiger partial charge in [-0.3, -0.25) is 0 Å². The number of sulfonamides is 1. The van der Waals surface area contributed by atoms with Crippen LogP contribution in [0.4, 0.5) is 0 Å². The largest absolute Gasteiger partial charge is 0.482 e. The van der Waals surface area contributed by atoms with Crippen LogP contribution in [0.1, 0.15) is 0 Å². The molecule has 0 heterocycles. The molecule has 2 aromatic carbocycles. The molecule has 0 bridgehead atoms. The highest BCUT2D eigenvalue weighted by Crippen LogP contribution is 2.08. The standard InChI is InChI=1S/C16H17NO6S2/c18-16(13-22-14-7-3-1-4-8-14)23-24(19)12-11-17-25(20,21)15-9-5-2-6-10-15/h1-10,17H,11-13H2. The summed E-state index contributed by atoms with van der Waals surface area (Å²) in [6, 6.07) is 16.4. The second kappa shape index (κ2) is 9.30. The number of hydrogen-bond donors (Lipinski definition) is 1. The highest BCUT2D eigenvalue weighted by molar-refractivity contribution is 7.89. The maximum atomic E-state index is 12.0. The molecule has 0 saturated carbocycles. The number of nitrogens with one attached hydrogen (secondary N) is 1. The second-order valence-corrected chi connectivity index (χ2v) is 7.73. The quantitative estimate of drug-likeness (QED) is 0.700. The van der Waals surface area contributed by atoms with Crippen LogP contribution < -0.4 is 9.46 Å². The van der Waals surface area contributed by atoms with Gasteiger partial charge in [0.1, 0.15) is 5.75 Å². The van der Waals surface area contributed by atoms with E-state index in [4.69, 9.17) is 4.74 Å². The lowest BCUT2D eigenvalue weighted by atomic mass is 10.3. The lowest BCUT2D eigenvalue weighted by molar-refractivity contribution is -0.135. The average molecular weight is 383 g/mol. The van der Waals surface area contributed by atoms with E-state index in [1.807, 2.05) is 0 Å². The molecule has 2 rings (SSSR count). The fourth-order valence-corrected chi connectivity index (χ4v) is 3.56. The van der Waals surface area contributed by atoms with Crippen LogP contribution in [0.5, 0.6) is 5.75 Å². The van der Waals surface area contributed by atoms with Crippen molar-refractivity contribution >= 4 is 27.1 Å². The number of para-hydroxylation sites is 1. The molecule has 7 nitrogen and oxygen atoms in total. The average Bonchev–Trinajstić information content (AvgIpc) is 2.61. The van der Waals surface area contributed by atoms with Gasteiger partial charge < -0.3 is 8.92 Å². The molecule has 2 aromatic rings. The van der Waals surface area contributed by atoms with E-state index in [-0.39, 0.29) is 23.8 Å². The zero-order valence-electron chi connectivity index (χ0n) is 13.2. The van der Waals surface area contributed by atoms with E-state index in [1.165, 1.54) is 12.1 Å². The lowest BCUT2D eigenvalue weighted by Crippen LogP contribution is -2.29. The molecular weight excluding hydrogens is 366 g/mol. The molecule has 0 aliphatic rings. The van der Waals surface area contributed by atoms with Gasteiger partial charge in [-0.25, -0.2) is 22.1 Å². The van der Waals surface area contributed by atoms with Gasteiger partial charge in [0.2, 0.25) is 21.1 Å². The number of carbonyl (C=O) groups excluding carboxylic acids is 1. The van der Waals surface area contributed by atoms with Gasteiger partial charge in [-0.2, -0.15) is 0 Å². The number of carbonyl (C=O) groups is 1.